The molecule has 0 atom stereocenters. The van der Waals surface area contributed by atoms with Crippen LogP contribution in [-0.4, -0.2) is 62.7 Å². The molecule has 1 aromatic rings. The smallest absolute Gasteiger partial charge is 0.254 e. The van der Waals surface area contributed by atoms with E-state index in [1.54, 1.807) is 26.4 Å². The highest BCUT2D eigenvalue weighted by molar-refractivity contribution is 9.10. The summed E-state index contributed by atoms with van der Waals surface area (Å²) in [6.07, 6.45) is 0. The summed E-state index contributed by atoms with van der Waals surface area (Å²) in [5.74, 6) is 1.88. The molecule has 1 heterocycles. The average molecular weight is 385 g/mol. The normalized spacial score (nSPS) is 15.8. The third-order valence-electron chi connectivity index (χ3n) is 3.98. The second kappa shape index (κ2) is 8.02. The van der Waals surface area contributed by atoms with Gasteiger partial charge in [0.05, 0.1) is 14.2 Å². The van der Waals surface area contributed by atoms with Crippen molar-refractivity contribution in [1.82, 2.24) is 9.80 Å². The Kier molecular flexibility index (Phi) is 6.30. The summed E-state index contributed by atoms with van der Waals surface area (Å²) >= 11 is 3.43. The van der Waals surface area contributed by atoms with Crippen LogP contribution in [0.5, 0.6) is 11.5 Å². The zero-order chi connectivity index (χ0) is 17.0. The minimum absolute atomic E-state index is 0.0262. The first kappa shape index (κ1) is 18.1. The molecule has 0 radical (unpaired) electrons. The first-order valence-electron chi connectivity index (χ1n) is 7.89. The first-order chi connectivity index (χ1) is 11.0. The van der Waals surface area contributed by atoms with Gasteiger partial charge in [-0.15, -0.1) is 0 Å². The molecular formula is C17H25BrN2O3. The Hall–Kier alpha value is -1.27. The van der Waals surface area contributed by atoms with Gasteiger partial charge < -0.3 is 14.4 Å². The number of hydrogen-bond donors (Lipinski definition) is 0. The van der Waals surface area contributed by atoms with E-state index in [0.717, 1.165) is 37.2 Å². The van der Waals surface area contributed by atoms with E-state index in [1.807, 2.05) is 4.90 Å². The molecule has 1 saturated heterocycles. The van der Waals surface area contributed by atoms with Crippen LogP contribution in [0.2, 0.25) is 0 Å². The molecule has 0 N–H and O–H groups in total. The van der Waals surface area contributed by atoms with Crippen LogP contribution in [0.15, 0.2) is 16.6 Å². The molecule has 0 aromatic heterocycles. The van der Waals surface area contributed by atoms with Crippen LogP contribution in [0, 0.1) is 5.92 Å². The summed E-state index contributed by atoms with van der Waals surface area (Å²) in [5, 5.41) is 0. The summed E-state index contributed by atoms with van der Waals surface area (Å²) in [6, 6.07) is 3.52. The molecule has 1 aromatic carbocycles. The number of hydrogen-bond acceptors (Lipinski definition) is 4. The number of piperazine rings is 1. The number of carbonyl (C=O) groups excluding carboxylic acids is 1. The maximum atomic E-state index is 12.8. The number of ether oxygens (including phenoxy) is 2. The molecular weight excluding hydrogens is 360 g/mol. The number of methoxy groups -OCH3 is 2. The number of halogens is 1. The molecule has 128 valence electrons. The van der Waals surface area contributed by atoms with Crippen LogP contribution in [0.3, 0.4) is 0 Å². The fraction of sp³-hybridized carbons (Fsp3) is 0.588. The van der Waals surface area contributed by atoms with Crippen molar-refractivity contribution >= 4 is 21.8 Å². The molecule has 0 saturated carbocycles. The lowest BCUT2D eigenvalue weighted by molar-refractivity contribution is 0.0623. The third kappa shape index (κ3) is 4.38. The Labute approximate surface area is 146 Å². The molecule has 1 amide bonds. The van der Waals surface area contributed by atoms with Gasteiger partial charge in [0.15, 0.2) is 0 Å². The van der Waals surface area contributed by atoms with Crippen molar-refractivity contribution in [2.75, 3.05) is 46.9 Å². The predicted octanol–water partition coefficient (Wildman–Crippen LogP) is 2.88. The van der Waals surface area contributed by atoms with Crippen LogP contribution in [0.4, 0.5) is 0 Å². The van der Waals surface area contributed by atoms with E-state index >= 15 is 0 Å². The van der Waals surface area contributed by atoms with Crippen LogP contribution < -0.4 is 9.47 Å². The molecule has 6 heteroatoms. The maximum Gasteiger partial charge on any atom is 0.254 e. The lowest BCUT2D eigenvalue weighted by atomic mass is 10.1. The molecule has 1 aliphatic rings. The van der Waals surface area contributed by atoms with Gasteiger partial charge in [-0.1, -0.05) is 13.8 Å². The maximum absolute atomic E-state index is 12.8. The van der Waals surface area contributed by atoms with E-state index < -0.39 is 0 Å². The SMILES string of the molecule is COc1cc(C(=O)N2CCN(CC(C)C)CC2)cc(OC)c1Br. The molecule has 1 fully saturated rings. The van der Waals surface area contributed by atoms with E-state index in [1.165, 1.54) is 0 Å². The van der Waals surface area contributed by atoms with Gasteiger partial charge in [0.25, 0.3) is 5.91 Å². The van der Waals surface area contributed by atoms with Crippen molar-refractivity contribution in [3.05, 3.63) is 22.2 Å². The Morgan fingerprint density at radius 1 is 1.13 bits per heavy atom. The fourth-order valence-electron chi connectivity index (χ4n) is 2.83. The van der Waals surface area contributed by atoms with E-state index in [2.05, 4.69) is 34.7 Å². The third-order valence-corrected chi connectivity index (χ3v) is 4.76. The van der Waals surface area contributed by atoms with Crippen LogP contribution in [-0.2, 0) is 0 Å². The highest BCUT2D eigenvalue weighted by atomic mass is 79.9. The van der Waals surface area contributed by atoms with Crippen molar-refractivity contribution in [3.8, 4) is 11.5 Å². The summed E-state index contributed by atoms with van der Waals surface area (Å²) in [7, 11) is 3.16. The molecule has 0 unspecified atom stereocenters. The van der Waals surface area contributed by atoms with Gasteiger partial charge in [-0.3, -0.25) is 9.69 Å². The number of rotatable bonds is 5. The minimum Gasteiger partial charge on any atom is -0.495 e. The lowest BCUT2D eigenvalue weighted by Crippen LogP contribution is -2.49. The van der Waals surface area contributed by atoms with E-state index in [0.29, 0.717) is 23.0 Å². The van der Waals surface area contributed by atoms with Gasteiger partial charge in [-0.2, -0.15) is 0 Å². The molecule has 5 nitrogen and oxygen atoms in total. The lowest BCUT2D eigenvalue weighted by Gasteiger charge is -2.35. The summed E-state index contributed by atoms with van der Waals surface area (Å²) in [5.41, 5.74) is 0.596. The summed E-state index contributed by atoms with van der Waals surface area (Å²) < 4.78 is 11.4. The summed E-state index contributed by atoms with van der Waals surface area (Å²) in [4.78, 5) is 17.1. The first-order valence-corrected chi connectivity index (χ1v) is 8.68. The van der Waals surface area contributed by atoms with Crippen molar-refractivity contribution in [2.45, 2.75) is 13.8 Å². The summed E-state index contributed by atoms with van der Waals surface area (Å²) in [6.45, 7) is 8.89. The van der Waals surface area contributed by atoms with Crippen molar-refractivity contribution in [2.24, 2.45) is 5.92 Å². The Morgan fingerprint density at radius 2 is 1.65 bits per heavy atom. The Balaban J connectivity index is 2.09. The Morgan fingerprint density at radius 3 is 2.09 bits per heavy atom. The highest BCUT2D eigenvalue weighted by Gasteiger charge is 2.24. The van der Waals surface area contributed by atoms with Crippen LogP contribution in [0.25, 0.3) is 0 Å². The number of nitrogens with zero attached hydrogens (tertiary/aromatic N) is 2. The van der Waals surface area contributed by atoms with Gasteiger partial charge in [-0.05, 0) is 34.0 Å². The van der Waals surface area contributed by atoms with Gasteiger partial charge in [0.1, 0.15) is 16.0 Å². The highest BCUT2D eigenvalue weighted by Crippen LogP contribution is 2.36. The van der Waals surface area contributed by atoms with Crippen molar-refractivity contribution in [3.63, 3.8) is 0 Å². The Bertz CT molecular complexity index is 530. The fourth-order valence-corrected chi connectivity index (χ4v) is 3.38. The number of carbonyl (C=O) groups is 1. The second-order valence-electron chi connectivity index (χ2n) is 6.18. The quantitative estimate of drug-likeness (QED) is 0.782. The minimum atomic E-state index is 0.0262. The zero-order valence-electron chi connectivity index (χ0n) is 14.3. The topological polar surface area (TPSA) is 42.0 Å². The zero-order valence-corrected chi connectivity index (χ0v) is 15.9. The molecule has 0 spiro atoms. The van der Waals surface area contributed by atoms with Crippen LogP contribution >= 0.6 is 15.9 Å². The molecule has 0 aliphatic carbocycles. The molecule has 23 heavy (non-hydrogen) atoms. The number of amides is 1. The standard InChI is InChI=1S/C17H25BrN2O3/c1-12(2)11-19-5-7-20(8-6-19)17(21)13-9-14(22-3)16(18)15(10-13)23-4/h9-10,12H,5-8,11H2,1-4H3. The van der Waals surface area contributed by atoms with E-state index in [-0.39, 0.29) is 5.91 Å². The molecule has 0 bridgehead atoms. The predicted molar refractivity (Wildman–Crippen MR) is 94.4 cm³/mol. The van der Waals surface area contributed by atoms with E-state index in [9.17, 15) is 4.79 Å². The van der Waals surface area contributed by atoms with Gasteiger partial charge >= 0.3 is 0 Å². The second-order valence-corrected chi connectivity index (χ2v) is 6.97. The van der Waals surface area contributed by atoms with E-state index in [4.69, 9.17) is 9.47 Å². The largest absolute Gasteiger partial charge is 0.495 e. The molecule has 1 aliphatic heterocycles. The van der Waals surface area contributed by atoms with Gasteiger partial charge in [-0.25, -0.2) is 0 Å². The monoisotopic (exact) mass is 384 g/mol. The van der Waals surface area contributed by atoms with Crippen molar-refractivity contribution < 1.29 is 14.3 Å². The molecule has 2 rings (SSSR count). The van der Waals surface area contributed by atoms with Gasteiger partial charge in [0, 0.05) is 38.3 Å². The number of benzene rings is 1. The van der Waals surface area contributed by atoms with Crippen LogP contribution in [0.1, 0.15) is 24.2 Å². The van der Waals surface area contributed by atoms with Crippen molar-refractivity contribution in [1.29, 1.82) is 0 Å². The average Bonchev–Trinajstić information content (AvgIpc) is 2.54. The van der Waals surface area contributed by atoms with Gasteiger partial charge in [0.2, 0.25) is 0 Å².